The van der Waals surface area contributed by atoms with Gasteiger partial charge in [-0.1, -0.05) is 26.0 Å². The number of sulfonamides is 1. The highest BCUT2D eigenvalue weighted by Crippen LogP contribution is 2.55. The Bertz CT molecular complexity index is 751. The van der Waals surface area contributed by atoms with Crippen LogP contribution in [0.4, 0.5) is 0 Å². The molecule has 1 fully saturated rings. The van der Waals surface area contributed by atoms with Crippen molar-refractivity contribution in [2.45, 2.75) is 42.9 Å². The molecule has 0 aliphatic heterocycles. The maximum absolute atomic E-state index is 11.2. The summed E-state index contributed by atoms with van der Waals surface area (Å²) in [6, 6.07) is 6.82. The molecule has 1 aromatic carbocycles. The molecule has 2 aromatic rings. The fourth-order valence-corrected chi connectivity index (χ4v) is 3.86. The minimum absolute atomic E-state index is 0.154. The molecule has 0 amide bonds. The lowest BCUT2D eigenvalue weighted by Gasteiger charge is -2.01. The normalized spacial score (nSPS) is 21.7. The van der Waals surface area contributed by atoms with Crippen molar-refractivity contribution in [2.24, 2.45) is 5.14 Å². The molecule has 1 aromatic heterocycles. The van der Waals surface area contributed by atoms with Gasteiger partial charge in [-0.2, -0.15) is 4.37 Å². The van der Waals surface area contributed by atoms with E-state index in [4.69, 9.17) is 5.14 Å². The number of aromatic nitrogens is 2. The van der Waals surface area contributed by atoms with Crippen molar-refractivity contribution in [3.05, 3.63) is 40.7 Å². The molecule has 0 saturated heterocycles. The molecular weight excluding hydrogens is 306 g/mol. The molecule has 1 aliphatic rings. The second-order valence-electron chi connectivity index (χ2n) is 5.71. The number of nitrogens with two attached hydrogens (primary N) is 1. The van der Waals surface area contributed by atoms with E-state index in [0.29, 0.717) is 17.8 Å². The smallest absolute Gasteiger partial charge is 0.225 e. The van der Waals surface area contributed by atoms with E-state index in [1.165, 1.54) is 11.5 Å². The summed E-state index contributed by atoms with van der Waals surface area (Å²) < 4.78 is 26.9. The molecule has 112 valence electrons. The van der Waals surface area contributed by atoms with Crippen LogP contribution in [0, 0.1) is 0 Å². The predicted molar refractivity (Wildman–Crippen MR) is 81.9 cm³/mol. The lowest BCUT2D eigenvalue weighted by Crippen LogP contribution is -2.11. The van der Waals surface area contributed by atoms with E-state index in [9.17, 15) is 8.42 Å². The number of hydrogen-bond acceptors (Lipinski definition) is 5. The molecule has 1 heterocycles. The van der Waals surface area contributed by atoms with Gasteiger partial charge in [-0.05, 0) is 41.6 Å². The maximum Gasteiger partial charge on any atom is 0.238 e. The van der Waals surface area contributed by atoms with Gasteiger partial charge in [0.1, 0.15) is 10.8 Å². The highest BCUT2D eigenvalue weighted by atomic mass is 32.2. The van der Waals surface area contributed by atoms with Crippen LogP contribution >= 0.6 is 11.5 Å². The van der Waals surface area contributed by atoms with Crippen molar-refractivity contribution >= 4 is 21.6 Å². The lowest BCUT2D eigenvalue weighted by atomic mass is 10.1. The second-order valence-corrected chi connectivity index (χ2v) is 8.05. The van der Waals surface area contributed by atoms with E-state index in [0.717, 1.165) is 22.8 Å². The molecule has 5 nitrogen and oxygen atoms in total. The molecular formula is C14H17N3O2S2. The zero-order valence-corrected chi connectivity index (χ0v) is 13.5. The van der Waals surface area contributed by atoms with Gasteiger partial charge in [0, 0.05) is 11.8 Å². The van der Waals surface area contributed by atoms with Gasteiger partial charge in [-0.25, -0.2) is 18.5 Å². The van der Waals surface area contributed by atoms with Crippen LogP contribution in [0.15, 0.2) is 29.2 Å². The minimum atomic E-state index is -3.62. The van der Waals surface area contributed by atoms with Gasteiger partial charge in [0.25, 0.3) is 0 Å². The van der Waals surface area contributed by atoms with Gasteiger partial charge < -0.3 is 0 Å². The van der Waals surface area contributed by atoms with Crippen LogP contribution in [-0.2, 0) is 10.0 Å². The predicted octanol–water partition coefficient (Wildman–Crippen LogP) is 2.58. The molecule has 0 unspecified atom stereocenters. The lowest BCUT2D eigenvalue weighted by molar-refractivity contribution is 0.598. The average Bonchev–Trinajstić information content (AvgIpc) is 3.06. The number of nitrogens with zero attached hydrogens (tertiary/aromatic N) is 2. The Morgan fingerprint density at radius 1 is 1.24 bits per heavy atom. The Hall–Kier alpha value is -1.31. The van der Waals surface area contributed by atoms with E-state index in [2.05, 4.69) is 23.2 Å². The van der Waals surface area contributed by atoms with Crippen molar-refractivity contribution in [1.29, 1.82) is 0 Å². The van der Waals surface area contributed by atoms with Crippen LogP contribution in [-0.4, -0.2) is 17.8 Å². The van der Waals surface area contributed by atoms with Crippen molar-refractivity contribution in [2.75, 3.05) is 0 Å². The third kappa shape index (κ3) is 3.00. The zero-order chi connectivity index (χ0) is 15.2. The van der Waals surface area contributed by atoms with Crippen molar-refractivity contribution in [3.8, 4) is 0 Å². The number of primary sulfonamides is 1. The summed E-state index contributed by atoms with van der Waals surface area (Å²) in [5.41, 5.74) is 1.13. The highest BCUT2D eigenvalue weighted by Gasteiger charge is 2.42. The van der Waals surface area contributed by atoms with Gasteiger partial charge in [0.2, 0.25) is 10.0 Å². The summed E-state index contributed by atoms with van der Waals surface area (Å²) in [5, 5.41) is 6.19. The molecule has 2 atom stereocenters. The zero-order valence-electron chi connectivity index (χ0n) is 11.9. The molecule has 1 aliphatic carbocycles. The first kappa shape index (κ1) is 14.6. The van der Waals surface area contributed by atoms with Gasteiger partial charge in [0.15, 0.2) is 0 Å². The van der Waals surface area contributed by atoms with E-state index in [1.54, 1.807) is 12.1 Å². The summed E-state index contributed by atoms with van der Waals surface area (Å²) in [5.74, 6) is 2.08. The van der Waals surface area contributed by atoms with Gasteiger partial charge in [-0.15, -0.1) is 0 Å². The van der Waals surface area contributed by atoms with E-state index >= 15 is 0 Å². The largest absolute Gasteiger partial charge is 0.238 e. The third-order valence-electron chi connectivity index (χ3n) is 3.72. The topological polar surface area (TPSA) is 85.9 Å². The molecule has 0 radical (unpaired) electrons. The summed E-state index contributed by atoms with van der Waals surface area (Å²) in [4.78, 5) is 4.75. The number of hydrogen-bond donors (Lipinski definition) is 1. The summed E-state index contributed by atoms with van der Waals surface area (Å²) in [6.45, 7) is 4.17. The first-order chi connectivity index (χ1) is 9.86. The standard InChI is InChI=1S/C14H17N3O2S2/c1-8(2)13-16-14(20-17-13)12-7-11(12)9-3-5-10(6-4-9)21(15,18)19/h3-6,8,11-12H,7H2,1-2H3,(H2,15,18,19)/t11-,12+/m0/s1. The molecule has 3 rings (SSSR count). The average molecular weight is 323 g/mol. The maximum atomic E-state index is 11.2. The summed E-state index contributed by atoms with van der Waals surface area (Å²) in [6.07, 6.45) is 1.04. The SMILES string of the molecule is CC(C)c1nsc([C@@H]2C[C@H]2c2ccc(S(N)(=O)=O)cc2)n1. The van der Waals surface area contributed by atoms with Crippen molar-refractivity contribution in [3.63, 3.8) is 0 Å². The Morgan fingerprint density at radius 3 is 2.43 bits per heavy atom. The fraction of sp³-hybridized carbons (Fsp3) is 0.429. The molecule has 7 heteroatoms. The Kier molecular flexibility index (Phi) is 3.59. The summed E-state index contributed by atoms with van der Waals surface area (Å²) >= 11 is 1.48. The molecule has 0 spiro atoms. The Labute approximate surface area is 128 Å². The van der Waals surface area contributed by atoms with Crippen molar-refractivity contribution < 1.29 is 8.42 Å². The van der Waals surface area contributed by atoms with Crippen LogP contribution < -0.4 is 5.14 Å². The molecule has 0 bridgehead atoms. The van der Waals surface area contributed by atoms with E-state index in [1.807, 2.05) is 12.1 Å². The minimum Gasteiger partial charge on any atom is -0.225 e. The molecule has 2 N–H and O–H groups in total. The Balaban J connectivity index is 1.75. The monoisotopic (exact) mass is 323 g/mol. The second kappa shape index (κ2) is 5.15. The first-order valence-electron chi connectivity index (χ1n) is 6.82. The molecule has 1 saturated carbocycles. The van der Waals surface area contributed by atoms with Crippen molar-refractivity contribution in [1.82, 2.24) is 9.36 Å². The van der Waals surface area contributed by atoms with E-state index in [-0.39, 0.29) is 4.90 Å². The van der Waals surface area contributed by atoms with Gasteiger partial charge >= 0.3 is 0 Å². The van der Waals surface area contributed by atoms with Crippen LogP contribution in [0.5, 0.6) is 0 Å². The highest BCUT2D eigenvalue weighted by molar-refractivity contribution is 7.89. The van der Waals surface area contributed by atoms with E-state index < -0.39 is 10.0 Å². The quantitative estimate of drug-likeness (QED) is 0.937. The molecule has 21 heavy (non-hydrogen) atoms. The van der Waals surface area contributed by atoms with Crippen LogP contribution in [0.3, 0.4) is 0 Å². The fourth-order valence-electron chi connectivity index (χ4n) is 2.37. The number of rotatable bonds is 4. The number of benzene rings is 1. The summed E-state index contributed by atoms with van der Waals surface area (Å²) in [7, 11) is -3.62. The van der Waals surface area contributed by atoms with Crippen LogP contribution in [0.25, 0.3) is 0 Å². The van der Waals surface area contributed by atoms with Gasteiger partial charge in [0.05, 0.1) is 4.90 Å². The first-order valence-corrected chi connectivity index (χ1v) is 9.14. The van der Waals surface area contributed by atoms with Gasteiger partial charge in [-0.3, -0.25) is 0 Å². The van der Waals surface area contributed by atoms with Crippen LogP contribution in [0.1, 0.15) is 54.4 Å². The third-order valence-corrected chi connectivity index (χ3v) is 5.51. The van der Waals surface area contributed by atoms with Crippen LogP contribution in [0.2, 0.25) is 0 Å². The Morgan fingerprint density at radius 2 is 1.90 bits per heavy atom.